The highest BCUT2D eigenvalue weighted by atomic mass is 32.1. The van der Waals surface area contributed by atoms with Crippen LogP contribution in [-0.4, -0.2) is 36.4 Å². The molecule has 1 spiro atoms. The molecule has 1 fully saturated rings. The van der Waals surface area contributed by atoms with E-state index in [2.05, 4.69) is 29.6 Å². The van der Waals surface area contributed by atoms with Gasteiger partial charge in [-0.3, -0.25) is 9.79 Å². The topological polar surface area (TPSA) is 72.8 Å². The van der Waals surface area contributed by atoms with E-state index in [1.807, 2.05) is 13.0 Å². The number of nitrogens with one attached hydrogen (secondary N) is 1. The van der Waals surface area contributed by atoms with Crippen molar-refractivity contribution in [2.24, 2.45) is 4.99 Å². The van der Waals surface area contributed by atoms with Crippen LogP contribution >= 0.6 is 11.3 Å². The Hall–Kier alpha value is -3.55. The van der Waals surface area contributed by atoms with Gasteiger partial charge in [0.1, 0.15) is 10.6 Å². The van der Waals surface area contributed by atoms with E-state index in [0.29, 0.717) is 17.9 Å². The molecule has 0 bridgehead atoms. The summed E-state index contributed by atoms with van der Waals surface area (Å²) in [4.78, 5) is 25.8. The largest absolute Gasteiger partial charge is 0.497 e. The molecule has 0 radical (unpaired) electrons. The number of aliphatic imine (C=N–C) groups is 1. The predicted octanol–water partition coefficient (Wildman–Crippen LogP) is 6.72. The molecular formula is C31H31N3O3S. The van der Waals surface area contributed by atoms with Crippen LogP contribution in [0.2, 0.25) is 0 Å². The molecule has 2 aromatic carbocycles. The fourth-order valence-corrected chi connectivity index (χ4v) is 7.11. The van der Waals surface area contributed by atoms with Gasteiger partial charge in [-0.2, -0.15) is 0 Å². The fraction of sp³-hybridized carbons (Fsp3) is 0.323. The first-order valence-corrected chi connectivity index (χ1v) is 13.9. The first-order chi connectivity index (χ1) is 18.5. The van der Waals surface area contributed by atoms with Crippen LogP contribution in [0.15, 0.2) is 59.6 Å². The van der Waals surface area contributed by atoms with Crippen molar-refractivity contribution >= 4 is 38.9 Å². The smallest absolute Gasteiger partial charge is 0.255 e. The zero-order chi connectivity index (χ0) is 26.3. The van der Waals surface area contributed by atoms with Gasteiger partial charge in [-0.25, -0.2) is 4.98 Å². The van der Waals surface area contributed by atoms with Crippen molar-refractivity contribution in [2.45, 2.75) is 51.2 Å². The van der Waals surface area contributed by atoms with Gasteiger partial charge in [0.15, 0.2) is 0 Å². The Morgan fingerprint density at radius 1 is 1.08 bits per heavy atom. The average Bonchev–Trinajstić information content (AvgIpc) is 3.52. The number of benzene rings is 2. The van der Waals surface area contributed by atoms with E-state index >= 15 is 0 Å². The molecule has 2 aliphatic rings. The molecule has 6 nitrogen and oxygen atoms in total. The number of hydrogen-bond donors (Lipinski definition) is 1. The van der Waals surface area contributed by atoms with Gasteiger partial charge in [0.05, 0.1) is 35.5 Å². The van der Waals surface area contributed by atoms with E-state index in [0.717, 1.165) is 62.6 Å². The molecule has 1 aliphatic heterocycles. The zero-order valence-electron chi connectivity index (χ0n) is 22.0. The van der Waals surface area contributed by atoms with Crippen molar-refractivity contribution in [3.63, 3.8) is 0 Å². The van der Waals surface area contributed by atoms with Crippen molar-refractivity contribution in [3.05, 3.63) is 87.4 Å². The number of nitrogens with zero attached hydrogens (tertiary/aromatic N) is 2. The van der Waals surface area contributed by atoms with Crippen molar-refractivity contribution in [3.8, 4) is 5.75 Å². The van der Waals surface area contributed by atoms with Crippen LogP contribution in [0, 0.1) is 6.92 Å². The second-order valence-electron chi connectivity index (χ2n) is 10.3. The first-order valence-electron chi connectivity index (χ1n) is 13.1. The van der Waals surface area contributed by atoms with Gasteiger partial charge < -0.3 is 14.8 Å². The summed E-state index contributed by atoms with van der Waals surface area (Å²) >= 11 is 1.60. The summed E-state index contributed by atoms with van der Waals surface area (Å²) in [5, 5.41) is 4.19. The lowest BCUT2D eigenvalue weighted by atomic mass is 9.82. The summed E-state index contributed by atoms with van der Waals surface area (Å²) in [5.74, 6) is 0.526. The number of aromatic nitrogens is 1. The van der Waals surface area contributed by atoms with E-state index in [1.165, 1.54) is 18.4 Å². The standard InChI is InChI=1S/C31H31N3O3S/c1-19-16-22(18-36-2)25-27(33-29(35)20-10-12-23(37-3)13-11-20)28(38-30(25)32-19)26-24-9-5-4-8-21(24)17-31(34-26)14-6-7-15-31/h4-5,8-13,16H,6-7,14-15,17-18H2,1-3H3,(H,33,35). The monoisotopic (exact) mass is 525 g/mol. The summed E-state index contributed by atoms with van der Waals surface area (Å²) < 4.78 is 10.8. The van der Waals surface area contributed by atoms with Crippen LogP contribution in [0.25, 0.3) is 10.2 Å². The Morgan fingerprint density at radius 2 is 1.84 bits per heavy atom. The molecule has 1 N–H and O–H groups in total. The molecular weight excluding hydrogens is 494 g/mol. The van der Waals surface area contributed by atoms with Gasteiger partial charge in [0, 0.05) is 29.3 Å². The highest BCUT2D eigenvalue weighted by molar-refractivity contribution is 7.21. The van der Waals surface area contributed by atoms with Crippen LogP contribution in [0.1, 0.15) is 63.3 Å². The second kappa shape index (κ2) is 9.97. The maximum absolute atomic E-state index is 13.6. The number of aryl methyl sites for hydroxylation is 1. The van der Waals surface area contributed by atoms with Gasteiger partial charge in [-0.05, 0) is 67.6 Å². The first kappa shape index (κ1) is 24.8. The number of fused-ring (bicyclic) bond motifs is 2. The summed E-state index contributed by atoms with van der Waals surface area (Å²) in [5.41, 5.74) is 6.59. The van der Waals surface area contributed by atoms with Crippen LogP contribution in [0.3, 0.4) is 0 Å². The third-order valence-electron chi connectivity index (χ3n) is 7.65. The van der Waals surface area contributed by atoms with E-state index in [-0.39, 0.29) is 11.4 Å². The molecule has 38 heavy (non-hydrogen) atoms. The maximum Gasteiger partial charge on any atom is 0.255 e. The molecule has 1 amide bonds. The molecule has 0 unspecified atom stereocenters. The lowest BCUT2D eigenvalue weighted by Crippen LogP contribution is -2.32. The molecule has 0 saturated heterocycles. The summed E-state index contributed by atoms with van der Waals surface area (Å²) in [7, 11) is 3.31. The Labute approximate surface area is 226 Å². The Kier molecular flexibility index (Phi) is 6.50. The highest BCUT2D eigenvalue weighted by Crippen LogP contribution is 2.45. The van der Waals surface area contributed by atoms with Crippen LogP contribution in [0.4, 0.5) is 5.69 Å². The van der Waals surface area contributed by atoms with E-state index in [1.54, 1.807) is 49.8 Å². The Bertz CT molecular complexity index is 1550. The van der Waals surface area contributed by atoms with Gasteiger partial charge in [0.2, 0.25) is 0 Å². The van der Waals surface area contributed by atoms with Gasteiger partial charge in [0.25, 0.3) is 5.91 Å². The minimum atomic E-state index is -0.183. The molecule has 4 aromatic rings. The maximum atomic E-state index is 13.6. The van der Waals surface area contributed by atoms with Gasteiger partial charge in [-0.15, -0.1) is 11.3 Å². The van der Waals surface area contributed by atoms with Crippen LogP contribution < -0.4 is 10.1 Å². The molecule has 0 atom stereocenters. The summed E-state index contributed by atoms with van der Waals surface area (Å²) in [6.07, 6.45) is 5.55. The molecule has 7 heteroatoms. The number of carbonyl (C=O) groups is 1. The average molecular weight is 526 g/mol. The van der Waals surface area contributed by atoms with Crippen LogP contribution in [-0.2, 0) is 17.8 Å². The quantitative estimate of drug-likeness (QED) is 0.303. The SMILES string of the molecule is COCc1cc(C)nc2sc(C3=NC4(CCCC4)Cc4ccccc43)c(NC(=O)c3ccc(OC)cc3)c12. The molecule has 1 saturated carbocycles. The third-order valence-corrected chi connectivity index (χ3v) is 8.74. The number of ether oxygens (including phenoxy) is 2. The predicted molar refractivity (Wildman–Crippen MR) is 153 cm³/mol. The van der Waals surface area contributed by atoms with Crippen molar-refractivity contribution < 1.29 is 14.3 Å². The summed E-state index contributed by atoms with van der Waals surface area (Å²) in [6.45, 7) is 2.42. The van der Waals surface area contributed by atoms with E-state index < -0.39 is 0 Å². The second-order valence-corrected chi connectivity index (χ2v) is 11.2. The molecule has 3 heterocycles. The molecule has 6 rings (SSSR count). The van der Waals surface area contributed by atoms with Gasteiger partial charge >= 0.3 is 0 Å². The van der Waals surface area contributed by atoms with Crippen molar-refractivity contribution in [1.82, 2.24) is 4.98 Å². The number of methoxy groups -OCH3 is 2. The summed E-state index contributed by atoms with van der Waals surface area (Å²) in [6, 6.07) is 17.8. The van der Waals surface area contributed by atoms with Crippen LogP contribution in [0.5, 0.6) is 5.75 Å². The minimum Gasteiger partial charge on any atom is -0.497 e. The van der Waals surface area contributed by atoms with E-state index in [4.69, 9.17) is 19.5 Å². The number of hydrogen-bond acceptors (Lipinski definition) is 6. The number of amides is 1. The number of pyridine rings is 1. The lowest BCUT2D eigenvalue weighted by Gasteiger charge is -2.32. The third kappa shape index (κ3) is 4.40. The van der Waals surface area contributed by atoms with Crippen molar-refractivity contribution in [1.29, 1.82) is 0 Å². The number of rotatable bonds is 6. The minimum absolute atomic E-state index is 0.0736. The Balaban J connectivity index is 1.55. The normalized spacial score (nSPS) is 15.9. The highest BCUT2D eigenvalue weighted by Gasteiger charge is 2.39. The van der Waals surface area contributed by atoms with Crippen molar-refractivity contribution in [2.75, 3.05) is 19.5 Å². The van der Waals surface area contributed by atoms with E-state index in [9.17, 15) is 4.79 Å². The zero-order valence-corrected chi connectivity index (χ0v) is 22.8. The number of anilines is 1. The molecule has 1 aliphatic carbocycles. The van der Waals surface area contributed by atoms with Gasteiger partial charge in [-0.1, -0.05) is 37.1 Å². The lowest BCUT2D eigenvalue weighted by molar-refractivity contribution is 0.102. The number of thiophene rings is 1. The fourth-order valence-electron chi connectivity index (χ4n) is 5.89. The Morgan fingerprint density at radius 3 is 2.58 bits per heavy atom. The number of carbonyl (C=O) groups excluding carboxylic acids is 1. The molecule has 2 aromatic heterocycles. The molecule has 194 valence electrons.